The zero-order valence-corrected chi connectivity index (χ0v) is 15.7. The number of Topliss-reactive ketones (excluding diaryl/α,β-unsaturated/α-hetero) is 1. The summed E-state index contributed by atoms with van der Waals surface area (Å²) in [5, 5.41) is 7.26. The van der Waals surface area contributed by atoms with Crippen molar-refractivity contribution >= 4 is 11.7 Å². The van der Waals surface area contributed by atoms with Crippen LogP contribution in [-0.4, -0.2) is 44.1 Å². The molecular formula is C19H23N5O3. The molecule has 142 valence electrons. The summed E-state index contributed by atoms with van der Waals surface area (Å²) in [6.07, 6.45) is 7.31. The molecule has 2 unspecified atom stereocenters. The summed E-state index contributed by atoms with van der Waals surface area (Å²) in [5.74, 6) is 0.182. The fourth-order valence-corrected chi connectivity index (χ4v) is 3.55. The van der Waals surface area contributed by atoms with Crippen molar-refractivity contribution in [3.8, 4) is 5.82 Å². The molecule has 27 heavy (non-hydrogen) atoms. The highest BCUT2D eigenvalue weighted by Gasteiger charge is 2.40. The van der Waals surface area contributed by atoms with Crippen LogP contribution in [0.5, 0.6) is 0 Å². The lowest BCUT2D eigenvalue weighted by Crippen LogP contribution is -2.36. The second-order valence-electron chi connectivity index (χ2n) is 8.07. The standard InChI is InChI=1S/C19H23N5O3/c1-19(2,3)14(25)9-22-18(26)16-12-8-11-4-5-13(27-11)17(12)24(23-16)15-10-20-6-7-21-15/h6-7,10-11,13H,4-5,8-9H2,1-3H3,(H,22,26). The minimum Gasteiger partial charge on any atom is -0.368 e. The summed E-state index contributed by atoms with van der Waals surface area (Å²) in [6, 6.07) is 0. The third-order valence-corrected chi connectivity index (χ3v) is 5.10. The number of ether oxygens (including phenoxy) is 1. The molecule has 1 amide bonds. The molecule has 0 radical (unpaired) electrons. The lowest BCUT2D eigenvalue weighted by Gasteiger charge is -2.22. The summed E-state index contributed by atoms with van der Waals surface area (Å²) in [5.41, 5.74) is 1.60. The Bertz CT molecular complexity index is 885. The van der Waals surface area contributed by atoms with Crippen molar-refractivity contribution in [3.63, 3.8) is 0 Å². The number of amides is 1. The highest BCUT2D eigenvalue weighted by Crippen LogP contribution is 2.42. The lowest BCUT2D eigenvalue weighted by atomic mass is 9.91. The van der Waals surface area contributed by atoms with Gasteiger partial charge in [0, 0.05) is 29.8 Å². The van der Waals surface area contributed by atoms with Crippen LogP contribution < -0.4 is 5.32 Å². The molecule has 1 saturated heterocycles. The number of hydrogen-bond acceptors (Lipinski definition) is 6. The highest BCUT2D eigenvalue weighted by molar-refractivity contribution is 5.97. The minimum absolute atomic E-state index is 0.0154. The Labute approximate surface area is 157 Å². The highest BCUT2D eigenvalue weighted by atomic mass is 16.5. The van der Waals surface area contributed by atoms with Crippen molar-refractivity contribution in [2.24, 2.45) is 5.41 Å². The van der Waals surface area contributed by atoms with E-state index in [1.807, 2.05) is 20.8 Å². The van der Waals surface area contributed by atoms with Crippen LogP contribution in [0.25, 0.3) is 5.82 Å². The summed E-state index contributed by atoms with van der Waals surface area (Å²) < 4.78 is 7.69. The summed E-state index contributed by atoms with van der Waals surface area (Å²) in [7, 11) is 0. The number of nitrogens with zero attached hydrogens (tertiary/aromatic N) is 4. The number of fused-ring (bicyclic) bond motifs is 4. The molecule has 2 aliphatic heterocycles. The van der Waals surface area contributed by atoms with Gasteiger partial charge in [0.2, 0.25) is 0 Å². The van der Waals surface area contributed by atoms with Gasteiger partial charge in [0.15, 0.2) is 17.3 Å². The van der Waals surface area contributed by atoms with E-state index in [4.69, 9.17) is 4.74 Å². The average Bonchev–Trinajstić information content (AvgIpc) is 3.21. The zero-order chi connectivity index (χ0) is 19.2. The summed E-state index contributed by atoms with van der Waals surface area (Å²) in [4.78, 5) is 33.4. The molecule has 8 nitrogen and oxygen atoms in total. The molecule has 8 heteroatoms. The Balaban J connectivity index is 1.68. The van der Waals surface area contributed by atoms with Crippen LogP contribution >= 0.6 is 0 Å². The molecule has 2 aromatic rings. The third-order valence-electron chi connectivity index (χ3n) is 5.10. The van der Waals surface area contributed by atoms with Crippen molar-refractivity contribution < 1.29 is 14.3 Å². The normalized spacial score (nSPS) is 21.0. The summed E-state index contributed by atoms with van der Waals surface area (Å²) >= 11 is 0. The van der Waals surface area contributed by atoms with Gasteiger partial charge >= 0.3 is 0 Å². The maximum absolute atomic E-state index is 12.8. The van der Waals surface area contributed by atoms with E-state index in [1.54, 1.807) is 23.3 Å². The molecule has 0 aromatic carbocycles. The van der Waals surface area contributed by atoms with Gasteiger partial charge in [-0.05, 0) is 12.8 Å². The van der Waals surface area contributed by atoms with Crippen LogP contribution in [0.15, 0.2) is 18.6 Å². The second-order valence-corrected chi connectivity index (χ2v) is 8.07. The molecule has 1 N–H and O–H groups in total. The maximum Gasteiger partial charge on any atom is 0.272 e. The fraction of sp³-hybridized carbons (Fsp3) is 0.526. The largest absolute Gasteiger partial charge is 0.368 e. The van der Waals surface area contributed by atoms with Gasteiger partial charge in [0.05, 0.1) is 24.5 Å². The third kappa shape index (κ3) is 3.25. The predicted octanol–water partition coefficient (Wildman–Crippen LogP) is 1.78. The molecule has 0 spiro atoms. The van der Waals surface area contributed by atoms with E-state index in [-0.39, 0.29) is 30.4 Å². The Kier molecular flexibility index (Phi) is 4.30. The number of nitrogens with one attached hydrogen (secondary N) is 1. The fourth-order valence-electron chi connectivity index (χ4n) is 3.55. The van der Waals surface area contributed by atoms with Gasteiger partial charge in [-0.3, -0.25) is 14.6 Å². The van der Waals surface area contributed by atoms with E-state index in [1.165, 1.54) is 0 Å². The van der Waals surface area contributed by atoms with E-state index in [2.05, 4.69) is 20.4 Å². The van der Waals surface area contributed by atoms with E-state index >= 15 is 0 Å². The topological polar surface area (TPSA) is 99.0 Å². The van der Waals surface area contributed by atoms with Gasteiger partial charge in [0.1, 0.15) is 6.10 Å². The van der Waals surface area contributed by atoms with Crippen LogP contribution in [0.2, 0.25) is 0 Å². The Morgan fingerprint density at radius 2 is 2.11 bits per heavy atom. The molecule has 2 atom stereocenters. The Morgan fingerprint density at radius 1 is 1.30 bits per heavy atom. The number of carbonyl (C=O) groups excluding carboxylic acids is 2. The first-order valence-corrected chi connectivity index (χ1v) is 9.19. The van der Waals surface area contributed by atoms with Crippen molar-refractivity contribution in [1.29, 1.82) is 0 Å². The molecular weight excluding hydrogens is 346 g/mol. The molecule has 2 aliphatic rings. The number of hydrogen-bond donors (Lipinski definition) is 1. The van der Waals surface area contributed by atoms with Crippen LogP contribution in [0.1, 0.15) is 61.5 Å². The molecule has 2 bridgehead atoms. The SMILES string of the molecule is CC(C)(C)C(=O)CNC(=O)c1nn(-c2cnccn2)c2c1CC1CCC2O1. The van der Waals surface area contributed by atoms with E-state index < -0.39 is 5.41 Å². The molecule has 4 heterocycles. The van der Waals surface area contributed by atoms with Gasteiger partial charge in [-0.15, -0.1) is 0 Å². The van der Waals surface area contributed by atoms with Crippen molar-refractivity contribution in [2.45, 2.75) is 52.2 Å². The zero-order valence-electron chi connectivity index (χ0n) is 15.7. The second kappa shape index (κ2) is 6.53. The van der Waals surface area contributed by atoms with Crippen LogP contribution in [0, 0.1) is 5.41 Å². The first-order valence-electron chi connectivity index (χ1n) is 9.19. The number of ketones is 1. The number of rotatable bonds is 4. The molecule has 0 aliphatic carbocycles. The Morgan fingerprint density at radius 3 is 2.81 bits per heavy atom. The van der Waals surface area contributed by atoms with Gasteiger partial charge < -0.3 is 10.1 Å². The van der Waals surface area contributed by atoms with Gasteiger partial charge in [0.25, 0.3) is 5.91 Å². The van der Waals surface area contributed by atoms with Gasteiger partial charge in [-0.25, -0.2) is 9.67 Å². The molecule has 4 rings (SSSR count). The first-order chi connectivity index (χ1) is 12.8. The minimum atomic E-state index is -0.501. The van der Waals surface area contributed by atoms with E-state index in [0.717, 1.165) is 24.1 Å². The maximum atomic E-state index is 12.8. The first kappa shape index (κ1) is 17.8. The van der Waals surface area contributed by atoms with Crippen LogP contribution in [0.3, 0.4) is 0 Å². The van der Waals surface area contributed by atoms with Crippen LogP contribution in [0.4, 0.5) is 0 Å². The Hall–Kier alpha value is -2.61. The number of aromatic nitrogens is 4. The number of carbonyl (C=O) groups is 2. The van der Waals surface area contributed by atoms with Crippen molar-refractivity contribution in [1.82, 2.24) is 25.1 Å². The van der Waals surface area contributed by atoms with Crippen molar-refractivity contribution in [2.75, 3.05) is 6.54 Å². The van der Waals surface area contributed by atoms with Crippen molar-refractivity contribution in [3.05, 3.63) is 35.5 Å². The summed E-state index contributed by atoms with van der Waals surface area (Å²) in [6.45, 7) is 5.49. The van der Waals surface area contributed by atoms with E-state index in [0.29, 0.717) is 17.9 Å². The molecule has 2 aromatic heterocycles. The molecule has 0 saturated carbocycles. The quantitative estimate of drug-likeness (QED) is 0.882. The average molecular weight is 369 g/mol. The smallest absolute Gasteiger partial charge is 0.272 e. The van der Waals surface area contributed by atoms with Gasteiger partial charge in [-0.2, -0.15) is 5.10 Å². The lowest BCUT2D eigenvalue weighted by molar-refractivity contribution is -0.125. The predicted molar refractivity (Wildman–Crippen MR) is 96.5 cm³/mol. The van der Waals surface area contributed by atoms with Gasteiger partial charge in [-0.1, -0.05) is 20.8 Å². The monoisotopic (exact) mass is 369 g/mol. The van der Waals surface area contributed by atoms with Crippen LogP contribution in [-0.2, 0) is 16.0 Å². The molecule has 1 fully saturated rings. The van der Waals surface area contributed by atoms with E-state index in [9.17, 15) is 9.59 Å².